The van der Waals surface area contributed by atoms with Gasteiger partial charge in [-0.05, 0) is 18.2 Å². The number of nitrogens with zero attached hydrogens (tertiary/aromatic N) is 3. The number of anilines is 1. The summed E-state index contributed by atoms with van der Waals surface area (Å²) in [5, 5.41) is 19.2. The Morgan fingerprint density at radius 2 is 2.20 bits per heavy atom. The topological polar surface area (TPSA) is 97.1 Å². The number of carbonyl (C=O) groups is 2. The zero-order chi connectivity index (χ0) is 14.5. The van der Waals surface area contributed by atoms with Crippen molar-refractivity contribution >= 4 is 17.6 Å². The number of aliphatic carboxylic acids is 1. The normalized spacial score (nSPS) is 10.2. The van der Waals surface area contributed by atoms with E-state index in [9.17, 15) is 9.59 Å². The molecule has 0 aliphatic heterocycles. The summed E-state index contributed by atoms with van der Waals surface area (Å²) in [6, 6.07) is 7.14. The summed E-state index contributed by atoms with van der Waals surface area (Å²) in [7, 11) is 0. The molecular weight excluding hydrogens is 260 g/mol. The Morgan fingerprint density at radius 3 is 2.90 bits per heavy atom. The van der Waals surface area contributed by atoms with E-state index in [2.05, 4.69) is 15.6 Å². The van der Waals surface area contributed by atoms with Gasteiger partial charge in [-0.3, -0.25) is 9.59 Å². The minimum Gasteiger partial charge on any atom is -0.481 e. The Balaban J connectivity index is 2.15. The van der Waals surface area contributed by atoms with Gasteiger partial charge in [0.25, 0.3) is 0 Å². The molecule has 7 heteroatoms. The van der Waals surface area contributed by atoms with Gasteiger partial charge >= 0.3 is 5.97 Å². The maximum atomic E-state index is 11.0. The fourth-order valence-electron chi connectivity index (χ4n) is 1.70. The lowest BCUT2D eigenvalue weighted by Crippen LogP contribution is -2.06. The summed E-state index contributed by atoms with van der Waals surface area (Å²) >= 11 is 0. The number of carboxylic acid groups (broad SMARTS) is 1. The van der Waals surface area contributed by atoms with E-state index in [0.29, 0.717) is 17.8 Å². The smallest absolute Gasteiger partial charge is 0.303 e. The number of nitrogens with one attached hydrogen (secondary N) is 1. The number of aryl methyl sites for hydroxylation is 1. The van der Waals surface area contributed by atoms with Crippen molar-refractivity contribution in [3.8, 4) is 5.69 Å². The van der Waals surface area contributed by atoms with Crippen LogP contribution in [0, 0.1) is 0 Å². The van der Waals surface area contributed by atoms with Crippen molar-refractivity contribution in [3.63, 3.8) is 0 Å². The lowest BCUT2D eigenvalue weighted by atomic mass is 10.2. The fraction of sp³-hybridized carbons (Fsp3) is 0.231. The van der Waals surface area contributed by atoms with Crippen LogP contribution in [0.5, 0.6) is 0 Å². The van der Waals surface area contributed by atoms with Gasteiger partial charge in [0.15, 0.2) is 0 Å². The van der Waals surface area contributed by atoms with Crippen LogP contribution in [-0.2, 0) is 16.0 Å². The number of carboxylic acids is 1. The first-order valence-corrected chi connectivity index (χ1v) is 6.05. The van der Waals surface area contributed by atoms with Gasteiger partial charge in [-0.1, -0.05) is 11.3 Å². The number of amides is 1. The van der Waals surface area contributed by atoms with Crippen LogP contribution in [0.25, 0.3) is 5.69 Å². The van der Waals surface area contributed by atoms with Gasteiger partial charge in [-0.25, -0.2) is 4.68 Å². The molecule has 0 radical (unpaired) electrons. The highest BCUT2D eigenvalue weighted by atomic mass is 16.4. The van der Waals surface area contributed by atoms with E-state index in [1.807, 2.05) is 6.07 Å². The minimum absolute atomic E-state index is 0.0185. The third-order valence-electron chi connectivity index (χ3n) is 2.57. The van der Waals surface area contributed by atoms with Crippen LogP contribution in [0.1, 0.15) is 19.0 Å². The molecule has 0 aliphatic carbocycles. The van der Waals surface area contributed by atoms with E-state index in [4.69, 9.17) is 5.11 Å². The molecule has 1 aromatic carbocycles. The van der Waals surface area contributed by atoms with Crippen molar-refractivity contribution in [2.24, 2.45) is 0 Å². The molecular formula is C13H14N4O3. The predicted molar refractivity (Wildman–Crippen MR) is 71.6 cm³/mol. The van der Waals surface area contributed by atoms with Crippen LogP contribution < -0.4 is 5.32 Å². The Morgan fingerprint density at radius 1 is 1.40 bits per heavy atom. The Hall–Kier alpha value is -2.70. The van der Waals surface area contributed by atoms with Crippen molar-refractivity contribution in [1.82, 2.24) is 15.0 Å². The number of aromatic nitrogens is 3. The summed E-state index contributed by atoms with van der Waals surface area (Å²) in [6.07, 6.45) is 2.03. The highest BCUT2D eigenvalue weighted by Crippen LogP contribution is 2.14. The third-order valence-corrected chi connectivity index (χ3v) is 2.57. The number of benzene rings is 1. The standard InChI is InChI=1S/C13H14N4O3/c1-9(18)14-10-3-2-4-12(7-10)17-8-11(15-16-17)5-6-13(19)20/h2-4,7-8H,5-6H2,1H3,(H,14,18)(H,19,20). The van der Waals surface area contributed by atoms with Crippen molar-refractivity contribution in [2.75, 3.05) is 5.32 Å². The van der Waals surface area contributed by atoms with Crippen LogP contribution >= 0.6 is 0 Å². The van der Waals surface area contributed by atoms with Gasteiger partial charge in [0, 0.05) is 19.0 Å². The van der Waals surface area contributed by atoms with Crippen LogP contribution in [-0.4, -0.2) is 32.0 Å². The minimum atomic E-state index is -0.868. The maximum Gasteiger partial charge on any atom is 0.303 e. The molecule has 0 bridgehead atoms. The molecule has 1 aromatic heterocycles. The van der Waals surface area contributed by atoms with Crippen LogP contribution in [0.2, 0.25) is 0 Å². The fourth-order valence-corrected chi connectivity index (χ4v) is 1.70. The molecule has 1 heterocycles. The number of hydrogen-bond donors (Lipinski definition) is 2. The number of rotatable bonds is 5. The molecule has 7 nitrogen and oxygen atoms in total. The molecule has 2 rings (SSSR count). The van der Waals surface area contributed by atoms with E-state index < -0.39 is 5.97 Å². The molecule has 20 heavy (non-hydrogen) atoms. The molecule has 0 saturated heterocycles. The summed E-state index contributed by atoms with van der Waals surface area (Å²) in [6.45, 7) is 1.44. The lowest BCUT2D eigenvalue weighted by molar-refractivity contribution is -0.137. The lowest BCUT2D eigenvalue weighted by Gasteiger charge is -2.04. The molecule has 0 saturated carbocycles. The van der Waals surface area contributed by atoms with Gasteiger partial charge in [0.2, 0.25) is 5.91 Å². The van der Waals surface area contributed by atoms with Crippen LogP contribution in [0.15, 0.2) is 30.5 Å². The van der Waals surface area contributed by atoms with Gasteiger partial charge in [0.1, 0.15) is 0 Å². The third kappa shape index (κ3) is 3.64. The number of carbonyl (C=O) groups excluding carboxylic acids is 1. The second-order valence-electron chi connectivity index (χ2n) is 4.28. The summed E-state index contributed by atoms with van der Waals surface area (Å²) in [5.74, 6) is -1.02. The average molecular weight is 274 g/mol. The summed E-state index contributed by atoms with van der Waals surface area (Å²) < 4.78 is 1.54. The van der Waals surface area contributed by atoms with E-state index in [0.717, 1.165) is 5.69 Å². The SMILES string of the molecule is CC(=O)Nc1cccc(-n2cc(CCC(=O)O)nn2)c1. The van der Waals surface area contributed by atoms with E-state index in [-0.39, 0.29) is 12.3 Å². The van der Waals surface area contributed by atoms with Crippen molar-refractivity contribution in [1.29, 1.82) is 0 Å². The summed E-state index contributed by atoms with van der Waals surface area (Å²) in [4.78, 5) is 21.5. The van der Waals surface area contributed by atoms with Gasteiger partial charge < -0.3 is 10.4 Å². The Bertz CT molecular complexity index is 636. The molecule has 2 N–H and O–H groups in total. The first-order valence-electron chi connectivity index (χ1n) is 6.05. The Labute approximate surface area is 115 Å². The summed E-state index contributed by atoms with van der Waals surface area (Å²) in [5.41, 5.74) is 2.01. The zero-order valence-electron chi connectivity index (χ0n) is 10.9. The quantitative estimate of drug-likeness (QED) is 0.855. The number of hydrogen-bond acceptors (Lipinski definition) is 4. The molecule has 1 amide bonds. The van der Waals surface area contributed by atoms with Crippen molar-refractivity contribution < 1.29 is 14.7 Å². The predicted octanol–water partition coefficient (Wildman–Crippen LogP) is 1.24. The van der Waals surface area contributed by atoms with Crippen molar-refractivity contribution in [2.45, 2.75) is 19.8 Å². The monoisotopic (exact) mass is 274 g/mol. The maximum absolute atomic E-state index is 11.0. The molecule has 0 atom stereocenters. The van der Waals surface area contributed by atoms with Gasteiger partial charge in [-0.2, -0.15) is 0 Å². The largest absolute Gasteiger partial charge is 0.481 e. The second kappa shape index (κ2) is 5.96. The van der Waals surface area contributed by atoms with Crippen LogP contribution in [0.4, 0.5) is 5.69 Å². The van der Waals surface area contributed by atoms with Gasteiger partial charge in [-0.15, -0.1) is 5.10 Å². The molecule has 0 unspecified atom stereocenters. The van der Waals surface area contributed by atoms with E-state index in [1.54, 1.807) is 29.1 Å². The molecule has 0 fully saturated rings. The molecule has 0 spiro atoms. The highest BCUT2D eigenvalue weighted by Gasteiger charge is 2.06. The van der Waals surface area contributed by atoms with Gasteiger partial charge in [0.05, 0.1) is 24.0 Å². The first-order chi connectivity index (χ1) is 9.54. The average Bonchev–Trinajstić information content (AvgIpc) is 2.84. The molecule has 0 aliphatic rings. The Kier molecular flexibility index (Phi) is 4.09. The first kappa shape index (κ1) is 13.7. The van der Waals surface area contributed by atoms with Crippen LogP contribution in [0.3, 0.4) is 0 Å². The second-order valence-corrected chi connectivity index (χ2v) is 4.28. The zero-order valence-corrected chi connectivity index (χ0v) is 10.9. The van der Waals surface area contributed by atoms with E-state index in [1.165, 1.54) is 6.92 Å². The molecule has 2 aromatic rings. The van der Waals surface area contributed by atoms with Crippen molar-refractivity contribution in [3.05, 3.63) is 36.2 Å². The highest BCUT2D eigenvalue weighted by molar-refractivity contribution is 5.88. The molecule has 104 valence electrons. The van der Waals surface area contributed by atoms with E-state index >= 15 is 0 Å².